The van der Waals surface area contributed by atoms with Gasteiger partial charge in [-0.2, -0.15) is 12.8 Å². The van der Waals surface area contributed by atoms with Gasteiger partial charge in [0, 0.05) is 166 Å². The third kappa shape index (κ3) is 59.0. The number of aliphatic hydroxyl groups excluding tert-OH is 2. The summed E-state index contributed by atoms with van der Waals surface area (Å²) >= 11 is 27.9. The molecule has 14 rings (SSSR count). The minimum absolute atomic E-state index is 0. The van der Waals surface area contributed by atoms with Gasteiger partial charge in [0.2, 0.25) is 11.9 Å². The highest BCUT2D eigenvalue weighted by Crippen LogP contribution is 2.41. The Labute approximate surface area is 916 Å². The van der Waals surface area contributed by atoms with E-state index in [0.717, 1.165) is 131 Å². The number of hydrogen-bond donors (Lipinski definition) is 12. The van der Waals surface area contributed by atoms with Gasteiger partial charge < -0.3 is 73.4 Å². The van der Waals surface area contributed by atoms with Gasteiger partial charge in [0.15, 0.2) is 29.6 Å². The summed E-state index contributed by atoms with van der Waals surface area (Å²) in [4.78, 5) is 86.4. The molecule has 16 N–H and O–H groups in total. The van der Waals surface area contributed by atoms with Crippen molar-refractivity contribution in [3.63, 3.8) is 0 Å². The highest BCUT2D eigenvalue weighted by atomic mass is 80.9. The molecule has 1 aliphatic heterocycles. The van der Waals surface area contributed by atoms with Gasteiger partial charge in [-0.15, -0.1) is 0 Å². The second-order valence-electron chi connectivity index (χ2n) is 33.4. The zero-order valence-electron chi connectivity index (χ0n) is 76.6. The van der Waals surface area contributed by atoms with Crippen LogP contribution in [0.3, 0.4) is 0 Å². The Morgan fingerprint density at radius 3 is 1.13 bits per heavy atom. The third-order valence-corrected chi connectivity index (χ3v) is 32.9. The molecule has 5 aromatic heterocycles. The molecule has 0 radical (unpaired) electrons. The summed E-state index contributed by atoms with van der Waals surface area (Å²) in [6, 6.07) is 17.3. The van der Waals surface area contributed by atoms with Crippen molar-refractivity contribution in [3.8, 4) is 28.7 Å². The second-order valence-corrected chi connectivity index (χ2v) is 52.2. The summed E-state index contributed by atoms with van der Waals surface area (Å²) < 4.78 is 55.4. The van der Waals surface area contributed by atoms with Crippen molar-refractivity contribution in [1.82, 2.24) is 49.8 Å². The van der Waals surface area contributed by atoms with Gasteiger partial charge in [-0.3, -0.25) is 54.1 Å². The summed E-state index contributed by atoms with van der Waals surface area (Å²) in [5.74, 6) is 1.37. The molecule has 1 saturated heterocycles. The first kappa shape index (κ1) is 146. The minimum Gasteiger partial charge on any atom is -0.542 e. The van der Waals surface area contributed by atoms with Gasteiger partial charge in [-0.1, -0.05) is 183 Å². The number of nitro groups is 3. The lowest BCUT2D eigenvalue weighted by Gasteiger charge is -2.36. The fourth-order valence-electron chi connectivity index (χ4n) is 10.7. The smallest absolute Gasteiger partial charge is 0.308 e. The van der Waals surface area contributed by atoms with Crippen LogP contribution in [0.2, 0.25) is 42.8 Å². The molecule has 10 aromatic rings. The second kappa shape index (κ2) is 74.0. The lowest BCUT2D eigenvalue weighted by Crippen LogP contribution is -2.43. The maximum absolute atomic E-state index is 11.8. The molecule has 0 amide bonds. The van der Waals surface area contributed by atoms with Crippen LogP contribution in [0.4, 0.5) is 50.4 Å². The van der Waals surface area contributed by atoms with Gasteiger partial charge in [0.25, 0.3) is 35.5 Å². The number of nitro benzene ring substituents is 3. The van der Waals surface area contributed by atoms with Crippen LogP contribution in [0.5, 0.6) is 28.7 Å². The van der Waals surface area contributed by atoms with Gasteiger partial charge in [-0.25, -0.2) is 39.9 Å². The molecule has 4 aliphatic rings. The quantitative estimate of drug-likeness (QED) is 0.00622. The molecule has 51 heteroatoms. The number of carbonyl (C=O) groups is 2. The van der Waals surface area contributed by atoms with Crippen LogP contribution >= 0.6 is 140 Å². The number of nitrogens with two attached hydrogens (primary N) is 4. The van der Waals surface area contributed by atoms with Crippen molar-refractivity contribution in [2.75, 3.05) is 47.3 Å². The first-order chi connectivity index (χ1) is 63.5. The average molecular weight is 2650 g/mol. The molecule has 143 heavy (non-hydrogen) atoms. The SMILES string of the molecule is BrBr.C.C.C.C.C.C.C.C1CCOCC1.CC(C)(C)[Si](C)(C)C.CC(C)(C)[Si](C)(C)Oc1cc(Br)cc2nccnc12.CS(=O)(=O)OC1CCC(Nc2ncc(Br)cn2)CC1.Fc1ncc(Br)cn1.NC1CCC(O)CC1.Nc1c(O)cc(Br)cc1[N+](=O)[O-].Nc1c(O)cc(Br)cc1[N+](=O)[O-].Nc1c(O)cccc1[N+](=O)[O-].O=CC=O.OC1CCC(Nc2ncc(Br)cn2)CC1.Oc1cc(Br)cc2nccnc12. The number of nitrogen functional groups attached to an aromatic ring is 3. The zero-order valence-corrected chi connectivity index (χ0v) is 93.7. The maximum atomic E-state index is 11.8. The Balaban J connectivity index is -0.000000362. The number of aromatic hydroxyl groups is 4. The van der Waals surface area contributed by atoms with Gasteiger partial charge in [-0.05, 0) is 210 Å². The summed E-state index contributed by atoms with van der Waals surface area (Å²) in [5, 5.41) is 92.9. The van der Waals surface area contributed by atoms with Crippen LogP contribution in [0.1, 0.15) is 190 Å². The first-order valence-electron chi connectivity index (χ1n) is 41.5. The molecule has 5 aromatic carbocycles. The van der Waals surface area contributed by atoms with E-state index in [2.05, 4.69) is 275 Å². The van der Waals surface area contributed by atoms with Crippen LogP contribution in [0.15, 0.2) is 160 Å². The topological polar surface area (TPSA) is 604 Å². The van der Waals surface area contributed by atoms with E-state index in [1.54, 1.807) is 55.6 Å². The highest BCUT2D eigenvalue weighted by molar-refractivity contribution is 9.93. The Kier molecular flexibility index (Phi) is 75.3. The number of aldehydes is 2. The first-order valence-corrected chi connectivity index (χ1v) is 59.0. The fraction of sp³-hybridized carbons (Fsp3) is 0.478. The van der Waals surface area contributed by atoms with Crippen LogP contribution in [0.25, 0.3) is 22.1 Å². The number of carbonyl (C=O) groups excluding carboxylic acids is 2. The Morgan fingerprint density at radius 2 is 0.804 bits per heavy atom. The Hall–Kier alpha value is -8.01. The monoisotopic (exact) mass is 2640 g/mol. The molecular weight excluding hydrogens is 2500 g/mol. The van der Waals surface area contributed by atoms with Crippen molar-refractivity contribution in [3.05, 3.63) is 196 Å². The number of phenolic OH excluding ortho intramolecular Hbond substituents is 4. The molecule has 38 nitrogen and oxygen atoms in total. The summed E-state index contributed by atoms with van der Waals surface area (Å²) in [7, 11) is -6.09. The zero-order chi connectivity index (χ0) is 103. The molecule has 804 valence electrons. The van der Waals surface area contributed by atoms with Crippen LogP contribution in [-0.4, -0.2) is 189 Å². The number of phenols is 4. The van der Waals surface area contributed by atoms with E-state index in [1.807, 2.05) is 18.2 Å². The van der Waals surface area contributed by atoms with Crippen molar-refractivity contribution in [2.45, 2.75) is 269 Å². The number of benzene rings is 5. The summed E-state index contributed by atoms with van der Waals surface area (Å²) in [6.45, 7) is 27.4. The number of fused-ring (bicyclic) bond motifs is 2. The number of rotatable bonds is 12. The van der Waals surface area contributed by atoms with Gasteiger partial charge in [0.05, 0.1) is 63.8 Å². The lowest BCUT2D eigenvalue weighted by atomic mass is 9.93. The average Bonchev–Trinajstić information content (AvgIpc) is 0.788. The molecule has 0 atom stereocenters. The van der Waals surface area contributed by atoms with E-state index in [4.69, 9.17) is 66.3 Å². The molecule has 4 fully saturated rings. The minimum atomic E-state index is -3.36. The Morgan fingerprint density at radius 1 is 0.469 bits per heavy atom. The standard InChI is InChI=1S/C14H19BrN2OSi.C11H16BrN3O3S.C10H14BrN3O.C8H5BrN2O.C7H18Si.2C6H5BrN2O3.C6H6N2O3.C6H13NO.C5H10O.C4H2BrFN2.C2H2O2.7CH4.Br2/c1-14(2,3)19(4,5)18-12-9-10(15)8-11-13(12)17-7-6-16-11;1-19(16,17)18-10-4-2-9(3-5-10)15-11-13-6-8(12)7-14-11;11-7-5-12-10(13-6-7)14-8-1-3-9(15)4-2-8;9-5-3-6-8(7(12)4-5)11-2-1-10-6;1-7(2,3)8(4,5)6;2*7-3-1-4(9(11)12)6(8)5(10)2-3;7-6-4(8(10)11)2-1-3-5(6)9;7-5-1-3-6(8)4-2-5;1-2-4-6-5-3-1;5-3-1-7-4(6)8-2-3;3-1-2-4;;;;;;;;1-2/h6-9H,1-5H3;6-7,9-10H,2-5H2,1H3,(H,13,14,15);5-6,8-9,15H,1-4H2,(H,12,13,14);1-4,12H;1-6H3;2*1-2,10H,8H2;1-3,9H,7H2;5-6,8H,1-4,7H2;1-5H2;1-2H;1-2H;7*1H4;. The van der Waals surface area contributed by atoms with E-state index in [-0.39, 0.29) is 151 Å². The molecule has 0 bridgehead atoms. The molecule has 3 aliphatic carbocycles. The van der Waals surface area contributed by atoms with Crippen LogP contribution in [-0.2, 0) is 28.6 Å². The number of ether oxygens (including phenoxy) is 1. The molecular formula is C92H143Br9FN19O19SSi2. The highest BCUT2D eigenvalue weighted by Gasteiger charge is 2.40. The van der Waals surface area contributed by atoms with Crippen molar-refractivity contribution >= 4 is 247 Å². The van der Waals surface area contributed by atoms with Crippen molar-refractivity contribution < 1.29 is 81.2 Å². The number of nitrogens with one attached hydrogen (secondary N) is 2. The predicted molar refractivity (Wildman–Crippen MR) is 611 cm³/mol. The van der Waals surface area contributed by atoms with Crippen molar-refractivity contribution in [2.24, 2.45) is 5.73 Å². The number of aromatic nitrogens is 10. The van der Waals surface area contributed by atoms with E-state index in [1.165, 1.54) is 74.1 Å². The number of anilines is 5. The lowest BCUT2D eigenvalue weighted by molar-refractivity contribution is -0.384. The van der Waals surface area contributed by atoms with E-state index >= 15 is 0 Å². The van der Waals surface area contributed by atoms with E-state index < -0.39 is 47.4 Å². The third-order valence-electron chi connectivity index (χ3n) is 20.3. The maximum Gasteiger partial charge on any atom is 0.308 e. The molecule has 0 unspecified atom stereocenters. The summed E-state index contributed by atoms with van der Waals surface area (Å²) in [6.07, 6.45) is 31.1. The number of aliphatic hydroxyl groups is 2. The van der Waals surface area contributed by atoms with E-state index in [0.29, 0.717) is 53.5 Å². The normalized spacial score (nSPS) is 15.6. The number of hydrogen-bond acceptors (Lipinski definition) is 35. The van der Waals surface area contributed by atoms with E-state index in [9.17, 15) is 53.4 Å². The van der Waals surface area contributed by atoms with Crippen LogP contribution in [0, 0.1) is 36.4 Å². The van der Waals surface area contributed by atoms with Gasteiger partial charge in [0.1, 0.15) is 39.8 Å². The number of para-hydroxylation sites is 1. The fourth-order valence-corrected chi connectivity index (χ4v) is 14.8. The molecule has 0 spiro atoms. The van der Waals surface area contributed by atoms with Gasteiger partial charge >= 0.3 is 6.08 Å². The van der Waals surface area contributed by atoms with Crippen LogP contribution < -0.4 is 38.0 Å². The molecule has 3 saturated carbocycles. The molecule has 6 heterocycles. The summed E-state index contributed by atoms with van der Waals surface area (Å²) in [5.41, 5.74) is 22.6. The number of halogens is 10. The van der Waals surface area contributed by atoms with Crippen molar-refractivity contribution in [1.29, 1.82) is 0 Å². The predicted octanol–water partition coefficient (Wildman–Crippen LogP) is 26.4. The number of nitrogens with zero attached hydrogens (tertiary/aromatic N) is 13. The largest absolute Gasteiger partial charge is 0.542 e. The Bertz CT molecular complexity index is 5330.